The van der Waals surface area contributed by atoms with Gasteiger partial charge < -0.3 is 19.6 Å². The van der Waals surface area contributed by atoms with Gasteiger partial charge in [-0.05, 0) is 29.6 Å². The highest BCUT2D eigenvalue weighted by molar-refractivity contribution is 6.74. The van der Waals surface area contributed by atoms with Crippen LogP contribution in [-0.4, -0.2) is 37.6 Å². The average Bonchev–Trinajstić information content (AvgIpc) is 2.56. The van der Waals surface area contributed by atoms with Crippen molar-refractivity contribution in [2.24, 2.45) is 5.92 Å². The SMILES string of the molecule is CC(C)[C@H](NC(=O)OCc1ccccc1)C(CC(=O)O)O[Si](C)(C)C(C)(C)C. The van der Waals surface area contributed by atoms with Crippen LogP contribution in [0.4, 0.5) is 4.79 Å². The molecule has 2 N–H and O–H groups in total. The largest absolute Gasteiger partial charge is 0.481 e. The van der Waals surface area contributed by atoms with Crippen LogP contribution < -0.4 is 5.32 Å². The first-order valence-corrected chi connectivity index (χ1v) is 12.6. The lowest BCUT2D eigenvalue weighted by atomic mass is 9.96. The fourth-order valence-corrected chi connectivity index (χ4v) is 3.90. The third-order valence-electron chi connectivity index (χ3n) is 5.24. The van der Waals surface area contributed by atoms with E-state index in [-0.39, 0.29) is 24.0 Å². The Kier molecular flexibility index (Phi) is 8.69. The number of rotatable bonds is 9. The molecule has 0 aliphatic heterocycles. The Hall–Kier alpha value is -1.86. The number of alkyl carbamates (subject to hydrolysis) is 1. The number of benzene rings is 1. The van der Waals surface area contributed by atoms with E-state index in [9.17, 15) is 14.7 Å². The molecule has 1 aromatic rings. The molecule has 0 radical (unpaired) electrons. The van der Waals surface area contributed by atoms with Crippen LogP contribution in [0.3, 0.4) is 0 Å². The van der Waals surface area contributed by atoms with Crippen molar-refractivity contribution in [3.05, 3.63) is 35.9 Å². The maximum absolute atomic E-state index is 12.4. The van der Waals surface area contributed by atoms with E-state index in [2.05, 4.69) is 39.2 Å². The first-order chi connectivity index (χ1) is 12.8. The fraction of sp³-hybridized carbons (Fsp3) is 0.619. The lowest BCUT2D eigenvalue weighted by molar-refractivity contribution is -0.139. The zero-order chi connectivity index (χ0) is 21.5. The molecule has 0 aromatic heterocycles. The van der Waals surface area contributed by atoms with Crippen LogP contribution in [0.1, 0.15) is 46.6 Å². The molecule has 2 atom stereocenters. The lowest BCUT2D eigenvalue weighted by Gasteiger charge is -2.42. The molecule has 1 amide bonds. The molecule has 1 aromatic carbocycles. The Labute approximate surface area is 169 Å². The third-order valence-corrected chi connectivity index (χ3v) is 9.75. The van der Waals surface area contributed by atoms with Crippen LogP contribution in [0.15, 0.2) is 30.3 Å². The molecule has 1 rings (SSSR count). The van der Waals surface area contributed by atoms with E-state index in [0.29, 0.717) is 0 Å². The van der Waals surface area contributed by atoms with Crippen molar-refractivity contribution in [1.29, 1.82) is 0 Å². The van der Waals surface area contributed by atoms with Crippen molar-refractivity contribution in [3.63, 3.8) is 0 Å². The fourth-order valence-electron chi connectivity index (χ4n) is 2.56. The predicted octanol–water partition coefficient (Wildman–Crippen LogP) is 4.80. The number of nitrogens with one attached hydrogen (secondary N) is 1. The number of hydrogen-bond acceptors (Lipinski definition) is 4. The van der Waals surface area contributed by atoms with Crippen molar-refractivity contribution < 1.29 is 23.9 Å². The molecule has 0 saturated carbocycles. The number of carboxylic acids is 1. The smallest absolute Gasteiger partial charge is 0.407 e. The number of hydrogen-bond donors (Lipinski definition) is 2. The summed E-state index contributed by atoms with van der Waals surface area (Å²) in [4.78, 5) is 23.8. The van der Waals surface area contributed by atoms with E-state index in [1.807, 2.05) is 44.2 Å². The van der Waals surface area contributed by atoms with Crippen molar-refractivity contribution in [2.75, 3.05) is 0 Å². The Morgan fingerprint density at radius 3 is 2.18 bits per heavy atom. The molecule has 0 bridgehead atoms. The highest BCUT2D eigenvalue weighted by Crippen LogP contribution is 2.38. The molecule has 7 heteroatoms. The van der Waals surface area contributed by atoms with E-state index in [1.165, 1.54) is 0 Å². The summed E-state index contributed by atoms with van der Waals surface area (Å²) in [5, 5.41) is 12.2. The normalized spacial score (nSPS) is 14.4. The zero-order valence-corrected chi connectivity index (χ0v) is 19.1. The number of amides is 1. The first-order valence-electron chi connectivity index (χ1n) is 9.70. The summed E-state index contributed by atoms with van der Waals surface area (Å²) in [6.07, 6.45) is -1.37. The molecular weight excluding hydrogens is 374 g/mol. The summed E-state index contributed by atoms with van der Waals surface area (Å²) in [6, 6.07) is 8.94. The van der Waals surface area contributed by atoms with Crippen molar-refractivity contribution in [2.45, 2.75) is 77.9 Å². The summed E-state index contributed by atoms with van der Waals surface area (Å²) in [5.41, 5.74) is 0.887. The molecule has 0 fully saturated rings. The van der Waals surface area contributed by atoms with E-state index in [4.69, 9.17) is 9.16 Å². The van der Waals surface area contributed by atoms with E-state index in [1.54, 1.807) is 0 Å². The molecule has 28 heavy (non-hydrogen) atoms. The van der Waals surface area contributed by atoms with Crippen molar-refractivity contribution >= 4 is 20.4 Å². The Bertz CT molecular complexity index is 640. The summed E-state index contributed by atoms with van der Waals surface area (Å²) < 4.78 is 11.7. The average molecular weight is 410 g/mol. The van der Waals surface area contributed by atoms with Gasteiger partial charge in [0.25, 0.3) is 0 Å². The number of carboxylic acid groups (broad SMARTS) is 1. The second kappa shape index (κ2) is 10.1. The highest BCUT2D eigenvalue weighted by atomic mass is 28.4. The van der Waals surface area contributed by atoms with Gasteiger partial charge in [-0.2, -0.15) is 0 Å². The van der Waals surface area contributed by atoms with Gasteiger partial charge in [0.05, 0.1) is 18.6 Å². The molecule has 0 spiro atoms. The summed E-state index contributed by atoms with van der Waals surface area (Å²) in [7, 11) is -2.22. The van der Waals surface area contributed by atoms with Gasteiger partial charge in [-0.15, -0.1) is 0 Å². The quantitative estimate of drug-likeness (QED) is 0.572. The molecular formula is C21H35NO5Si. The minimum atomic E-state index is -2.22. The van der Waals surface area contributed by atoms with Gasteiger partial charge in [-0.3, -0.25) is 4.79 Å². The van der Waals surface area contributed by atoms with Crippen molar-refractivity contribution in [3.8, 4) is 0 Å². The highest BCUT2D eigenvalue weighted by Gasteiger charge is 2.42. The van der Waals surface area contributed by atoms with Crippen LogP contribution in [0.5, 0.6) is 0 Å². The molecule has 6 nitrogen and oxygen atoms in total. The van der Waals surface area contributed by atoms with Gasteiger partial charge >= 0.3 is 12.1 Å². The third kappa shape index (κ3) is 7.64. The summed E-state index contributed by atoms with van der Waals surface area (Å²) in [5.74, 6) is -0.966. The molecule has 0 aliphatic rings. The lowest BCUT2D eigenvalue weighted by Crippen LogP contribution is -2.54. The van der Waals surface area contributed by atoms with Gasteiger partial charge in [0.2, 0.25) is 0 Å². The summed E-state index contributed by atoms with van der Waals surface area (Å²) >= 11 is 0. The molecule has 158 valence electrons. The predicted molar refractivity (Wildman–Crippen MR) is 113 cm³/mol. The standard InChI is InChI=1S/C21H35NO5Si/c1-15(2)19(22-20(25)26-14-16-11-9-8-10-12-16)17(13-18(23)24)27-28(6,7)21(3,4)5/h8-12,15,17,19H,13-14H2,1-7H3,(H,22,25)(H,23,24)/t17?,19-/m0/s1. The molecule has 0 heterocycles. The van der Waals surface area contributed by atoms with Crippen LogP contribution in [0.2, 0.25) is 18.1 Å². The second-order valence-electron chi connectivity index (χ2n) is 8.99. The van der Waals surface area contributed by atoms with Crippen LogP contribution in [0, 0.1) is 5.92 Å². The first kappa shape index (κ1) is 24.2. The maximum atomic E-state index is 12.4. The molecule has 0 saturated heterocycles. The van der Waals surface area contributed by atoms with Crippen LogP contribution >= 0.6 is 0 Å². The number of carbonyl (C=O) groups excluding carboxylic acids is 1. The zero-order valence-electron chi connectivity index (χ0n) is 18.1. The van der Waals surface area contributed by atoms with Gasteiger partial charge in [0.15, 0.2) is 8.32 Å². The van der Waals surface area contributed by atoms with Crippen LogP contribution in [0.25, 0.3) is 0 Å². The van der Waals surface area contributed by atoms with Gasteiger partial charge in [-0.1, -0.05) is 65.0 Å². The van der Waals surface area contributed by atoms with E-state index in [0.717, 1.165) is 5.56 Å². The van der Waals surface area contributed by atoms with Gasteiger partial charge in [0, 0.05) is 0 Å². The minimum absolute atomic E-state index is 0.0154. The molecule has 0 aliphatic carbocycles. The monoisotopic (exact) mass is 409 g/mol. The maximum Gasteiger partial charge on any atom is 0.407 e. The topological polar surface area (TPSA) is 84.9 Å². The molecule has 1 unspecified atom stereocenters. The van der Waals surface area contributed by atoms with E-state index >= 15 is 0 Å². The Balaban J connectivity index is 2.89. The van der Waals surface area contributed by atoms with E-state index < -0.39 is 32.5 Å². The summed E-state index contributed by atoms with van der Waals surface area (Å²) in [6.45, 7) is 14.5. The van der Waals surface area contributed by atoms with Gasteiger partial charge in [0.1, 0.15) is 6.61 Å². The number of aliphatic carboxylic acids is 1. The minimum Gasteiger partial charge on any atom is -0.481 e. The Morgan fingerprint density at radius 1 is 1.14 bits per heavy atom. The Morgan fingerprint density at radius 2 is 1.71 bits per heavy atom. The van der Waals surface area contributed by atoms with Gasteiger partial charge in [-0.25, -0.2) is 4.79 Å². The second-order valence-corrected chi connectivity index (χ2v) is 13.7. The number of carbonyl (C=O) groups is 2. The van der Waals surface area contributed by atoms with Crippen molar-refractivity contribution in [1.82, 2.24) is 5.32 Å². The van der Waals surface area contributed by atoms with Crippen LogP contribution in [-0.2, 0) is 20.6 Å². The number of ether oxygens (including phenoxy) is 1.